The van der Waals surface area contributed by atoms with Crippen LogP contribution in [0.3, 0.4) is 0 Å². The van der Waals surface area contributed by atoms with Gasteiger partial charge in [-0.05, 0) is 6.42 Å². The third kappa shape index (κ3) is 12.0. The predicted molar refractivity (Wildman–Crippen MR) is 37.5 cm³/mol. The topological polar surface area (TPSA) is 37.3 Å². The van der Waals surface area contributed by atoms with E-state index < -0.39 is 5.97 Å². The quantitative estimate of drug-likeness (QED) is 0.491. The molecule has 0 unspecified atom stereocenters. The summed E-state index contributed by atoms with van der Waals surface area (Å²) in [4.78, 5) is 9.87. The van der Waals surface area contributed by atoms with Crippen LogP contribution in [-0.2, 0) is 4.79 Å². The molecular formula is C6H12CaO2. The van der Waals surface area contributed by atoms with Crippen LogP contribution in [0.5, 0.6) is 0 Å². The first kappa shape index (κ1) is 12.4. The van der Waals surface area contributed by atoms with E-state index in [1.807, 2.05) is 0 Å². The molecule has 0 aromatic carbocycles. The van der Waals surface area contributed by atoms with E-state index >= 15 is 0 Å². The van der Waals surface area contributed by atoms with Gasteiger partial charge in [-0.15, -0.1) is 0 Å². The Morgan fingerprint density at radius 2 is 2.00 bits per heavy atom. The molecule has 2 radical (unpaired) electrons. The van der Waals surface area contributed by atoms with Crippen LogP contribution in [0.4, 0.5) is 0 Å². The summed E-state index contributed by atoms with van der Waals surface area (Å²) in [5.41, 5.74) is 0. The van der Waals surface area contributed by atoms with Crippen molar-refractivity contribution in [3.8, 4) is 0 Å². The van der Waals surface area contributed by atoms with Crippen molar-refractivity contribution in [2.45, 2.75) is 32.6 Å². The molecule has 0 bridgehead atoms. The van der Waals surface area contributed by atoms with Crippen LogP contribution in [-0.4, -0.2) is 48.8 Å². The standard InChI is InChI=1S/C6H12O2.Ca/c1-2-3-4-5-6(7)8;/h2-5H2,1H3,(H,7,8);. The van der Waals surface area contributed by atoms with Gasteiger partial charge in [0.15, 0.2) is 0 Å². The Hall–Kier alpha value is 0.730. The Labute approximate surface area is 85.6 Å². The van der Waals surface area contributed by atoms with Gasteiger partial charge in [-0.1, -0.05) is 19.8 Å². The van der Waals surface area contributed by atoms with Crippen molar-refractivity contribution >= 4 is 43.7 Å². The molecule has 0 aromatic heterocycles. The smallest absolute Gasteiger partial charge is 0.303 e. The number of carboxylic acid groups (broad SMARTS) is 1. The van der Waals surface area contributed by atoms with Crippen LogP contribution < -0.4 is 0 Å². The van der Waals surface area contributed by atoms with Gasteiger partial charge in [-0.25, -0.2) is 0 Å². The summed E-state index contributed by atoms with van der Waals surface area (Å²) in [6.45, 7) is 2.06. The minimum atomic E-state index is -0.682. The van der Waals surface area contributed by atoms with Gasteiger partial charge in [-0.2, -0.15) is 0 Å². The van der Waals surface area contributed by atoms with E-state index in [0.717, 1.165) is 19.3 Å². The second kappa shape index (κ2) is 8.73. The molecule has 1 N–H and O–H groups in total. The van der Waals surface area contributed by atoms with Gasteiger partial charge in [0, 0.05) is 44.2 Å². The van der Waals surface area contributed by atoms with Crippen molar-refractivity contribution in [1.29, 1.82) is 0 Å². The molecule has 0 aliphatic carbocycles. The maximum absolute atomic E-state index is 9.87. The summed E-state index contributed by atoms with van der Waals surface area (Å²) < 4.78 is 0. The number of carboxylic acids is 1. The third-order valence-electron chi connectivity index (χ3n) is 0.994. The number of rotatable bonds is 4. The van der Waals surface area contributed by atoms with E-state index in [0.29, 0.717) is 6.42 Å². The van der Waals surface area contributed by atoms with Gasteiger partial charge in [0.1, 0.15) is 0 Å². The molecule has 0 aliphatic heterocycles. The Morgan fingerprint density at radius 1 is 1.44 bits per heavy atom. The Morgan fingerprint density at radius 3 is 2.33 bits per heavy atom. The molecule has 0 saturated heterocycles. The average molecular weight is 156 g/mol. The molecule has 3 heteroatoms. The Kier molecular flexibility index (Phi) is 12.0. The predicted octanol–water partition coefficient (Wildman–Crippen LogP) is 1.27. The molecule has 50 valence electrons. The molecule has 0 amide bonds. The molecule has 0 rings (SSSR count). The maximum atomic E-state index is 9.87. The van der Waals surface area contributed by atoms with Gasteiger partial charge in [0.05, 0.1) is 0 Å². The van der Waals surface area contributed by atoms with Crippen LogP contribution in [0.2, 0.25) is 0 Å². The first-order valence-electron chi connectivity index (χ1n) is 2.99. The monoisotopic (exact) mass is 156 g/mol. The maximum Gasteiger partial charge on any atom is 0.303 e. The summed E-state index contributed by atoms with van der Waals surface area (Å²) >= 11 is 0. The minimum absolute atomic E-state index is 0. The van der Waals surface area contributed by atoms with Crippen LogP contribution in [0.1, 0.15) is 32.6 Å². The summed E-state index contributed by atoms with van der Waals surface area (Å²) in [5, 5.41) is 8.14. The second-order valence-electron chi connectivity index (χ2n) is 1.85. The number of hydrogen-bond donors (Lipinski definition) is 1. The van der Waals surface area contributed by atoms with Crippen molar-refractivity contribution in [2.24, 2.45) is 0 Å². The first-order valence-corrected chi connectivity index (χ1v) is 2.99. The van der Waals surface area contributed by atoms with Crippen molar-refractivity contribution in [2.75, 3.05) is 0 Å². The summed E-state index contributed by atoms with van der Waals surface area (Å²) in [6, 6.07) is 0. The van der Waals surface area contributed by atoms with Gasteiger partial charge < -0.3 is 5.11 Å². The zero-order valence-corrected chi connectivity index (χ0v) is 8.10. The van der Waals surface area contributed by atoms with Crippen molar-refractivity contribution in [3.05, 3.63) is 0 Å². The van der Waals surface area contributed by atoms with Crippen molar-refractivity contribution in [1.82, 2.24) is 0 Å². The second-order valence-corrected chi connectivity index (χ2v) is 1.85. The number of carbonyl (C=O) groups is 1. The van der Waals surface area contributed by atoms with E-state index in [1.165, 1.54) is 0 Å². The molecule has 0 atom stereocenters. The van der Waals surface area contributed by atoms with E-state index in [-0.39, 0.29) is 37.7 Å². The van der Waals surface area contributed by atoms with Gasteiger partial charge >= 0.3 is 5.97 Å². The van der Waals surface area contributed by atoms with Crippen LogP contribution in [0.15, 0.2) is 0 Å². The fourth-order valence-electron chi connectivity index (χ4n) is 0.526. The first-order chi connectivity index (χ1) is 3.77. The summed E-state index contributed by atoms with van der Waals surface area (Å²) in [7, 11) is 0. The zero-order chi connectivity index (χ0) is 6.41. The van der Waals surface area contributed by atoms with Gasteiger partial charge in [-0.3, -0.25) is 4.79 Å². The van der Waals surface area contributed by atoms with Crippen molar-refractivity contribution < 1.29 is 9.90 Å². The zero-order valence-electron chi connectivity index (χ0n) is 5.89. The normalized spacial score (nSPS) is 8.11. The molecule has 0 saturated carbocycles. The Bertz CT molecular complexity index is 73.5. The molecule has 2 nitrogen and oxygen atoms in total. The van der Waals surface area contributed by atoms with E-state index in [4.69, 9.17) is 5.11 Å². The Balaban J connectivity index is 0. The number of aliphatic carboxylic acids is 1. The van der Waals surface area contributed by atoms with Crippen molar-refractivity contribution in [3.63, 3.8) is 0 Å². The van der Waals surface area contributed by atoms with Gasteiger partial charge in [0.25, 0.3) is 0 Å². The van der Waals surface area contributed by atoms with Crippen LogP contribution >= 0.6 is 0 Å². The summed E-state index contributed by atoms with van der Waals surface area (Å²) in [5.74, 6) is -0.682. The minimum Gasteiger partial charge on any atom is -0.481 e. The molecule has 0 fully saturated rings. The fraction of sp³-hybridized carbons (Fsp3) is 0.833. The van der Waals surface area contributed by atoms with Crippen LogP contribution in [0, 0.1) is 0 Å². The van der Waals surface area contributed by atoms with Gasteiger partial charge in [0.2, 0.25) is 0 Å². The van der Waals surface area contributed by atoms with E-state index in [9.17, 15) is 4.79 Å². The third-order valence-corrected chi connectivity index (χ3v) is 0.994. The SMILES string of the molecule is CCCCCC(=O)O.[Ca]. The average Bonchev–Trinajstić information content (AvgIpc) is 1.66. The molecule has 9 heavy (non-hydrogen) atoms. The van der Waals surface area contributed by atoms with E-state index in [2.05, 4.69) is 6.92 Å². The molecule has 0 aromatic rings. The molecular weight excluding hydrogens is 144 g/mol. The molecule has 0 aliphatic rings. The fourth-order valence-corrected chi connectivity index (χ4v) is 0.526. The largest absolute Gasteiger partial charge is 0.481 e. The number of hydrogen-bond acceptors (Lipinski definition) is 1. The van der Waals surface area contributed by atoms with E-state index in [1.54, 1.807) is 0 Å². The molecule has 0 spiro atoms. The molecule has 0 heterocycles. The number of unbranched alkanes of at least 4 members (excludes halogenated alkanes) is 2. The summed E-state index contributed by atoms with van der Waals surface area (Å²) in [6.07, 6.45) is 3.28. The van der Waals surface area contributed by atoms with Crippen LogP contribution in [0.25, 0.3) is 0 Å².